The number of para-hydroxylation sites is 2. The van der Waals surface area contributed by atoms with Gasteiger partial charge in [0.15, 0.2) is 17.6 Å². The van der Waals surface area contributed by atoms with Crippen molar-refractivity contribution in [3.05, 3.63) is 65.4 Å². The lowest BCUT2D eigenvalue weighted by Crippen LogP contribution is -2.39. The van der Waals surface area contributed by atoms with Gasteiger partial charge >= 0.3 is 0 Å². The average molecular weight is 371 g/mol. The Balaban J connectivity index is 1.83. The van der Waals surface area contributed by atoms with Crippen LogP contribution in [0.15, 0.2) is 59.8 Å². The molecule has 0 fully saturated rings. The van der Waals surface area contributed by atoms with Gasteiger partial charge in [-0.05, 0) is 36.8 Å². The number of hydrogen-bond acceptors (Lipinski definition) is 1. The van der Waals surface area contributed by atoms with Gasteiger partial charge in [0.25, 0.3) is 5.91 Å². The molecule has 3 rings (SSSR count). The first kappa shape index (κ1) is 15.5. The summed E-state index contributed by atoms with van der Waals surface area (Å²) in [6.45, 7) is 6.06. The molecule has 0 aliphatic heterocycles. The first-order valence-corrected chi connectivity index (χ1v) is 8.05. The number of rotatable bonds is 4. The molecule has 0 saturated carbocycles. The highest BCUT2D eigenvalue weighted by molar-refractivity contribution is 9.10. The van der Waals surface area contributed by atoms with Crippen molar-refractivity contribution < 1.29 is 9.36 Å². The maximum atomic E-state index is 12.3. The molecule has 0 aliphatic carbocycles. The van der Waals surface area contributed by atoms with Crippen molar-refractivity contribution in [2.24, 2.45) is 0 Å². The first-order chi connectivity index (χ1) is 11.1. The van der Waals surface area contributed by atoms with E-state index in [4.69, 9.17) is 0 Å². The molecule has 0 unspecified atom stereocenters. The summed E-state index contributed by atoms with van der Waals surface area (Å²) in [5.74, 6) is -0.0716. The maximum Gasteiger partial charge on any atom is 0.266 e. The Morgan fingerprint density at radius 1 is 1.35 bits per heavy atom. The molecule has 116 valence electrons. The van der Waals surface area contributed by atoms with Gasteiger partial charge in [-0.2, -0.15) is 0 Å². The van der Waals surface area contributed by atoms with Crippen molar-refractivity contribution in [3.8, 4) is 0 Å². The second-order valence-electron chi connectivity index (χ2n) is 5.33. The number of carbonyl (C=O) groups is 1. The Labute approximate surface area is 143 Å². The number of hydrogen-bond donors (Lipinski definition) is 1. The molecule has 0 aliphatic rings. The lowest BCUT2D eigenvalue weighted by atomic mass is 10.2. The van der Waals surface area contributed by atoms with Gasteiger partial charge in [0.05, 0.1) is 6.20 Å². The zero-order valence-corrected chi connectivity index (χ0v) is 14.4. The number of fused-ring (bicyclic) bond motifs is 1. The van der Waals surface area contributed by atoms with E-state index < -0.39 is 0 Å². The molecule has 1 amide bonds. The van der Waals surface area contributed by atoms with Crippen LogP contribution in [-0.4, -0.2) is 10.5 Å². The van der Waals surface area contributed by atoms with E-state index in [9.17, 15) is 4.79 Å². The number of anilines is 1. The number of nitrogens with zero attached hydrogens (tertiary/aromatic N) is 2. The highest BCUT2D eigenvalue weighted by Crippen LogP contribution is 2.20. The van der Waals surface area contributed by atoms with Crippen LogP contribution in [0.3, 0.4) is 0 Å². The first-order valence-electron chi connectivity index (χ1n) is 7.26. The lowest BCUT2D eigenvalue weighted by molar-refractivity contribution is -0.658. The molecule has 1 heterocycles. The van der Waals surface area contributed by atoms with Crippen LogP contribution in [0, 0.1) is 6.92 Å². The molecule has 0 radical (unpaired) electrons. The summed E-state index contributed by atoms with van der Waals surface area (Å²) >= 11 is 3.48. The van der Waals surface area contributed by atoms with Gasteiger partial charge in [0, 0.05) is 10.2 Å². The number of carbonyl (C=O) groups excluding carboxylic acids is 1. The standard InChI is InChI=1S/C18H16BrN3O/c1-3-21-12-22(17-7-5-4-6-16(17)21)11-18(23)20-14-9-8-13(2)15(19)10-14/h3-10,12H,1,11H2,2H3/p+1. The van der Waals surface area contributed by atoms with E-state index in [0.717, 1.165) is 26.8 Å². The fourth-order valence-electron chi connectivity index (χ4n) is 2.50. The van der Waals surface area contributed by atoms with E-state index in [0.29, 0.717) is 0 Å². The maximum absolute atomic E-state index is 12.3. The van der Waals surface area contributed by atoms with Gasteiger partial charge in [-0.15, -0.1) is 0 Å². The van der Waals surface area contributed by atoms with Gasteiger partial charge in [-0.25, -0.2) is 9.13 Å². The van der Waals surface area contributed by atoms with Crippen molar-refractivity contribution in [3.63, 3.8) is 0 Å². The predicted molar refractivity (Wildman–Crippen MR) is 96.0 cm³/mol. The summed E-state index contributed by atoms with van der Waals surface area (Å²) in [5, 5.41) is 2.93. The normalized spacial score (nSPS) is 10.7. The van der Waals surface area contributed by atoms with Crippen molar-refractivity contribution >= 4 is 44.8 Å². The van der Waals surface area contributed by atoms with Gasteiger partial charge in [0.1, 0.15) is 0 Å². The van der Waals surface area contributed by atoms with E-state index >= 15 is 0 Å². The van der Waals surface area contributed by atoms with Crippen LogP contribution in [0.1, 0.15) is 5.56 Å². The van der Waals surface area contributed by atoms with Gasteiger partial charge in [-0.3, -0.25) is 4.79 Å². The summed E-state index contributed by atoms with van der Waals surface area (Å²) in [4.78, 5) is 12.3. The van der Waals surface area contributed by atoms with Crippen LogP contribution in [0.2, 0.25) is 0 Å². The molecule has 23 heavy (non-hydrogen) atoms. The molecule has 0 saturated heterocycles. The molecule has 1 aromatic heterocycles. The zero-order valence-electron chi connectivity index (χ0n) is 12.8. The molecule has 2 aromatic carbocycles. The quantitative estimate of drug-likeness (QED) is 0.698. The molecule has 4 nitrogen and oxygen atoms in total. The monoisotopic (exact) mass is 370 g/mol. The Hall–Kier alpha value is -2.40. The van der Waals surface area contributed by atoms with E-state index in [-0.39, 0.29) is 12.5 Å². The van der Waals surface area contributed by atoms with Crippen molar-refractivity contribution in [2.75, 3.05) is 5.32 Å². The van der Waals surface area contributed by atoms with Crippen LogP contribution in [-0.2, 0) is 11.3 Å². The van der Waals surface area contributed by atoms with Crippen LogP contribution >= 0.6 is 15.9 Å². The summed E-state index contributed by atoms with van der Waals surface area (Å²) in [7, 11) is 0. The second-order valence-corrected chi connectivity index (χ2v) is 6.19. The summed E-state index contributed by atoms with van der Waals surface area (Å²) < 4.78 is 4.80. The van der Waals surface area contributed by atoms with Gasteiger partial charge < -0.3 is 5.32 Å². The average Bonchev–Trinajstić information content (AvgIpc) is 2.89. The van der Waals surface area contributed by atoms with Crippen molar-refractivity contribution in [2.45, 2.75) is 13.5 Å². The summed E-state index contributed by atoms with van der Waals surface area (Å²) in [5.41, 5.74) is 3.92. The van der Waals surface area contributed by atoms with Crippen LogP contribution < -0.4 is 9.88 Å². The summed E-state index contributed by atoms with van der Waals surface area (Å²) in [6, 6.07) is 13.7. The molecule has 3 aromatic rings. The topological polar surface area (TPSA) is 37.9 Å². The number of aryl methyl sites for hydroxylation is 1. The fourth-order valence-corrected chi connectivity index (χ4v) is 2.88. The fraction of sp³-hybridized carbons (Fsp3) is 0.111. The molecule has 1 N–H and O–H groups in total. The molecular formula is C18H17BrN3O+. The van der Waals surface area contributed by atoms with Crippen molar-refractivity contribution in [1.29, 1.82) is 0 Å². The lowest BCUT2D eigenvalue weighted by Gasteiger charge is -2.06. The third-order valence-corrected chi connectivity index (χ3v) is 4.55. The van der Waals surface area contributed by atoms with Crippen molar-refractivity contribution in [1.82, 2.24) is 4.57 Å². The number of nitrogens with one attached hydrogen (secondary N) is 1. The van der Waals surface area contributed by atoms with Gasteiger partial charge in [-0.1, -0.05) is 40.7 Å². The number of halogens is 1. The number of imidazole rings is 1. The Bertz CT molecular complexity index is 898. The molecule has 0 spiro atoms. The third kappa shape index (κ3) is 3.19. The molecule has 5 heteroatoms. The van der Waals surface area contributed by atoms with Crippen LogP contribution in [0.25, 0.3) is 17.2 Å². The third-order valence-electron chi connectivity index (χ3n) is 3.70. The minimum absolute atomic E-state index is 0.0716. The Morgan fingerprint density at radius 3 is 2.87 bits per heavy atom. The molecule has 0 bridgehead atoms. The van der Waals surface area contributed by atoms with E-state index in [1.165, 1.54) is 0 Å². The van der Waals surface area contributed by atoms with E-state index in [1.807, 2.05) is 64.8 Å². The SMILES string of the molecule is C=Cn1c[n+](CC(=O)Nc2ccc(C)c(Br)c2)c2ccccc21. The zero-order chi connectivity index (χ0) is 16.4. The minimum Gasteiger partial charge on any atom is -0.323 e. The van der Waals surface area contributed by atoms with Crippen LogP contribution in [0.4, 0.5) is 5.69 Å². The Morgan fingerprint density at radius 2 is 2.13 bits per heavy atom. The number of amides is 1. The largest absolute Gasteiger partial charge is 0.323 e. The summed E-state index contributed by atoms with van der Waals surface area (Å²) in [6.07, 6.45) is 3.61. The number of benzene rings is 2. The predicted octanol–water partition coefficient (Wildman–Crippen LogP) is 3.74. The molecule has 0 atom stereocenters. The van der Waals surface area contributed by atoms with Crippen LogP contribution in [0.5, 0.6) is 0 Å². The highest BCUT2D eigenvalue weighted by atomic mass is 79.9. The molecular weight excluding hydrogens is 354 g/mol. The Kier molecular flexibility index (Phi) is 4.30. The highest BCUT2D eigenvalue weighted by Gasteiger charge is 2.16. The minimum atomic E-state index is -0.0716. The van der Waals surface area contributed by atoms with Gasteiger partial charge in [0.2, 0.25) is 6.33 Å². The number of aromatic nitrogens is 2. The smallest absolute Gasteiger partial charge is 0.266 e. The van der Waals surface area contributed by atoms with E-state index in [1.54, 1.807) is 6.20 Å². The van der Waals surface area contributed by atoms with E-state index in [2.05, 4.69) is 27.8 Å². The second kappa shape index (κ2) is 6.38.